The normalized spacial score (nSPS) is 10.2. The van der Waals surface area contributed by atoms with Gasteiger partial charge in [0, 0.05) is 7.11 Å². The molecule has 0 saturated carbocycles. The highest BCUT2D eigenvalue weighted by atomic mass is 16.6. The van der Waals surface area contributed by atoms with Gasteiger partial charge in [0.15, 0.2) is 0 Å². The van der Waals surface area contributed by atoms with Crippen LogP contribution < -0.4 is 0 Å². The Hall–Kier alpha value is -0.980. The van der Waals surface area contributed by atoms with Crippen molar-refractivity contribution in [1.82, 2.24) is 0 Å². The highest BCUT2D eigenvalue weighted by Gasteiger charge is 2.05. The Bertz CT molecular complexity index is 216. The van der Waals surface area contributed by atoms with E-state index in [1.165, 1.54) is 6.92 Å². The van der Waals surface area contributed by atoms with Crippen LogP contribution in [0, 0.1) is 0 Å². The predicted molar refractivity (Wildman–Crippen MR) is 59.8 cm³/mol. The van der Waals surface area contributed by atoms with Gasteiger partial charge in [-0.1, -0.05) is 0 Å². The first-order valence-corrected chi connectivity index (χ1v) is 5.46. The van der Waals surface area contributed by atoms with Crippen LogP contribution in [0.3, 0.4) is 0 Å². The van der Waals surface area contributed by atoms with Crippen molar-refractivity contribution in [3.63, 3.8) is 0 Å². The SMILES string of the molecule is COCCOCCOCCOC(=O)CC(C)=O. The number of rotatable bonds is 11. The largest absolute Gasteiger partial charge is 0.463 e. The van der Waals surface area contributed by atoms with Gasteiger partial charge in [-0.3, -0.25) is 9.59 Å². The first-order chi connectivity index (χ1) is 8.16. The second-order valence-electron chi connectivity index (χ2n) is 3.32. The number of Topliss-reactive ketones (excluding diaryl/α,β-unsaturated/α-hetero) is 1. The van der Waals surface area contributed by atoms with Crippen LogP contribution in [0.15, 0.2) is 0 Å². The molecule has 6 heteroatoms. The fourth-order valence-electron chi connectivity index (χ4n) is 0.933. The van der Waals surface area contributed by atoms with Gasteiger partial charge in [-0.2, -0.15) is 0 Å². The fourth-order valence-corrected chi connectivity index (χ4v) is 0.933. The summed E-state index contributed by atoms with van der Waals surface area (Å²) >= 11 is 0. The van der Waals surface area contributed by atoms with Crippen LogP contribution in [0.4, 0.5) is 0 Å². The van der Waals surface area contributed by atoms with E-state index in [0.29, 0.717) is 33.0 Å². The molecule has 0 saturated heterocycles. The molecule has 100 valence electrons. The summed E-state index contributed by atoms with van der Waals surface area (Å²) in [5.41, 5.74) is 0. The summed E-state index contributed by atoms with van der Waals surface area (Å²) in [6.45, 7) is 3.81. The Balaban J connectivity index is 3.13. The molecule has 0 unspecified atom stereocenters. The quantitative estimate of drug-likeness (QED) is 0.295. The number of hydrogen-bond acceptors (Lipinski definition) is 6. The molecule has 0 aromatic rings. The van der Waals surface area contributed by atoms with Crippen molar-refractivity contribution in [1.29, 1.82) is 0 Å². The van der Waals surface area contributed by atoms with Crippen molar-refractivity contribution in [2.24, 2.45) is 0 Å². The zero-order valence-corrected chi connectivity index (χ0v) is 10.4. The Morgan fingerprint density at radius 1 is 0.882 bits per heavy atom. The van der Waals surface area contributed by atoms with Crippen molar-refractivity contribution in [3.8, 4) is 0 Å². The summed E-state index contributed by atoms with van der Waals surface area (Å²) in [6.07, 6.45) is -0.180. The van der Waals surface area contributed by atoms with Crippen molar-refractivity contribution < 1.29 is 28.5 Å². The summed E-state index contributed by atoms with van der Waals surface area (Å²) in [5, 5.41) is 0. The van der Waals surface area contributed by atoms with Gasteiger partial charge in [0.1, 0.15) is 18.8 Å². The van der Waals surface area contributed by atoms with Crippen LogP contribution in [0.5, 0.6) is 0 Å². The minimum atomic E-state index is -0.516. The Morgan fingerprint density at radius 2 is 1.41 bits per heavy atom. The van der Waals surface area contributed by atoms with E-state index in [4.69, 9.17) is 18.9 Å². The molecule has 0 atom stereocenters. The van der Waals surface area contributed by atoms with Crippen LogP contribution in [0.25, 0.3) is 0 Å². The van der Waals surface area contributed by atoms with Gasteiger partial charge in [0.25, 0.3) is 0 Å². The van der Waals surface area contributed by atoms with Crippen LogP contribution in [-0.2, 0) is 28.5 Å². The molecule has 0 amide bonds. The average Bonchev–Trinajstić information content (AvgIpc) is 2.26. The third-order valence-electron chi connectivity index (χ3n) is 1.69. The summed E-state index contributed by atoms with van der Waals surface area (Å²) in [5.74, 6) is -0.722. The molecule has 0 aliphatic heterocycles. The van der Waals surface area contributed by atoms with Crippen LogP contribution >= 0.6 is 0 Å². The summed E-state index contributed by atoms with van der Waals surface area (Å²) in [7, 11) is 1.61. The molecule has 0 spiro atoms. The summed E-state index contributed by atoms with van der Waals surface area (Å²) < 4.78 is 19.8. The molecule has 0 aliphatic carbocycles. The van der Waals surface area contributed by atoms with Gasteiger partial charge in [-0.05, 0) is 6.92 Å². The van der Waals surface area contributed by atoms with Crippen molar-refractivity contribution in [3.05, 3.63) is 0 Å². The molecule has 0 radical (unpaired) electrons. The smallest absolute Gasteiger partial charge is 0.313 e. The molecular weight excluding hydrogens is 228 g/mol. The van der Waals surface area contributed by atoms with E-state index in [1.54, 1.807) is 7.11 Å². The molecular formula is C11H20O6. The molecule has 6 nitrogen and oxygen atoms in total. The van der Waals surface area contributed by atoms with Gasteiger partial charge >= 0.3 is 5.97 Å². The predicted octanol–water partition coefficient (Wildman–Crippen LogP) is 0.188. The first kappa shape index (κ1) is 16.0. The molecule has 0 heterocycles. The number of esters is 1. The second-order valence-corrected chi connectivity index (χ2v) is 3.32. The maximum Gasteiger partial charge on any atom is 0.313 e. The number of carbonyl (C=O) groups is 2. The number of ether oxygens (including phenoxy) is 4. The van der Waals surface area contributed by atoms with E-state index < -0.39 is 5.97 Å². The van der Waals surface area contributed by atoms with Crippen molar-refractivity contribution in [2.45, 2.75) is 13.3 Å². The lowest BCUT2D eigenvalue weighted by Crippen LogP contribution is -2.15. The topological polar surface area (TPSA) is 71.1 Å². The molecule has 0 aromatic heterocycles. The Kier molecular flexibility index (Phi) is 10.8. The molecule has 0 N–H and O–H groups in total. The van der Waals surface area contributed by atoms with Gasteiger partial charge < -0.3 is 18.9 Å². The van der Waals surface area contributed by atoms with E-state index in [-0.39, 0.29) is 18.8 Å². The minimum Gasteiger partial charge on any atom is -0.463 e. The highest BCUT2D eigenvalue weighted by Crippen LogP contribution is 1.88. The molecule has 17 heavy (non-hydrogen) atoms. The van der Waals surface area contributed by atoms with Gasteiger partial charge in [0.2, 0.25) is 0 Å². The van der Waals surface area contributed by atoms with E-state index >= 15 is 0 Å². The second kappa shape index (κ2) is 11.5. The molecule has 0 aromatic carbocycles. The van der Waals surface area contributed by atoms with Crippen molar-refractivity contribution in [2.75, 3.05) is 46.8 Å². The van der Waals surface area contributed by atoms with Crippen LogP contribution in [-0.4, -0.2) is 58.5 Å². The third kappa shape index (κ3) is 13.0. The maximum absolute atomic E-state index is 10.9. The number of hydrogen-bond donors (Lipinski definition) is 0. The van der Waals surface area contributed by atoms with Crippen LogP contribution in [0.2, 0.25) is 0 Å². The first-order valence-electron chi connectivity index (χ1n) is 5.46. The summed E-state index contributed by atoms with van der Waals surface area (Å²) in [4.78, 5) is 21.5. The van der Waals surface area contributed by atoms with Gasteiger partial charge in [-0.15, -0.1) is 0 Å². The van der Waals surface area contributed by atoms with E-state index in [0.717, 1.165) is 0 Å². The molecule has 0 bridgehead atoms. The molecule has 0 aliphatic rings. The van der Waals surface area contributed by atoms with E-state index in [9.17, 15) is 9.59 Å². The van der Waals surface area contributed by atoms with Crippen LogP contribution in [0.1, 0.15) is 13.3 Å². The zero-order chi connectivity index (χ0) is 12.9. The lowest BCUT2D eigenvalue weighted by Gasteiger charge is -2.06. The highest BCUT2D eigenvalue weighted by molar-refractivity contribution is 5.94. The molecule has 0 fully saturated rings. The maximum atomic E-state index is 10.9. The fraction of sp³-hybridized carbons (Fsp3) is 0.818. The monoisotopic (exact) mass is 248 g/mol. The Morgan fingerprint density at radius 3 is 1.94 bits per heavy atom. The lowest BCUT2D eigenvalue weighted by atomic mass is 10.3. The van der Waals surface area contributed by atoms with Crippen molar-refractivity contribution >= 4 is 11.8 Å². The zero-order valence-electron chi connectivity index (χ0n) is 10.4. The molecule has 0 rings (SSSR count). The minimum absolute atomic E-state index is 0.157. The average molecular weight is 248 g/mol. The number of methoxy groups -OCH3 is 1. The Labute approximate surface area is 101 Å². The van der Waals surface area contributed by atoms with Gasteiger partial charge in [-0.25, -0.2) is 0 Å². The standard InChI is InChI=1S/C11H20O6/c1-10(12)9-11(13)17-8-7-16-6-5-15-4-3-14-2/h3-9H2,1-2H3. The van der Waals surface area contributed by atoms with Gasteiger partial charge in [0.05, 0.1) is 33.0 Å². The summed E-state index contributed by atoms with van der Waals surface area (Å²) in [6, 6.07) is 0. The number of carbonyl (C=O) groups excluding carboxylic acids is 2. The lowest BCUT2D eigenvalue weighted by molar-refractivity contribution is -0.147. The van der Waals surface area contributed by atoms with E-state index in [2.05, 4.69) is 0 Å². The van der Waals surface area contributed by atoms with E-state index in [1.807, 2.05) is 0 Å². The number of ketones is 1. The third-order valence-corrected chi connectivity index (χ3v) is 1.69.